The van der Waals surface area contributed by atoms with Gasteiger partial charge in [0, 0.05) is 6.08 Å². The van der Waals surface area contributed by atoms with Crippen molar-refractivity contribution in [3.8, 4) is 11.5 Å². The number of methoxy groups -OCH3 is 1. The second-order valence-electron chi connectivity index (χ2n) is 7.28. The standard InChI is InChI=1S/C23H25FN2O8/c1-4-15(5-2)13-34-23(27)9-7-16-6-8-21(32-3)22(10-16)33-14-18-19(25(28)29)11-17(24)12-20(18)26(30)31/h6-12,15H,4-5,13-14H2,1-3H3. The lowest BCUT2D eigenvalue weighted by molar-refractivity contribution is -0.396. The molecule has 0 atom stereocenters. The zero-order valence-corrected chi connectivity index (χ0v) is 19.0. The first-order valence-electron chi connectivity index (χ1n) is 10.5. The Hall–Kier alpha value is -4.02. The smallest absolute Gasteiger partial charge is 0.330 e. The van der Waals surface area contributed by atoms with Gasteiger partial charge in [0.1, 0.15) is 18.0 Å². The van der Waals surface area contributed by atoms with Crippen LogP contribution in [0.1, 0.15) is 37.8 Å². The van der Waals surface area contributed by atoms with E-state index >= 15 is 0 Å². The van der Waals surface area contributed by atoms with Gasteiger partial charge in [-0.3, -0.25) is 20.2 Å². The Labute approximate surface area is 195 Å². The van der Waals surface area contributed by atoms with Crippen LogP contribution in [0.5, 0.6) is 11.5 Å². The first kappa shape index (κ1) is 26.2. The van der Waals surface area contributed by atoms with Crippen LogP contribution in [0.4, 0.5) is 15.8 Å². The Kier molecular flexibility index (Phi) is 9.48. The lowest BCUT2D eigenvalue weighted by atomic mass is 10.1. The minimum atomic E-state index is -1.11. The van der Waals surface area contributed by atoms with Crippen LogP contribution in [-0.2, 0) is 16.1 Å². The highest BCUT2D eigenvalue weighted by atomic mass is 19.1. The van der Waals surface area contributed by atoms with Crippen molar-refractivity contribution in [3.63, 3.8) is 0 Å². The van der Waals surface area contributed by atoms with Gasteiger partial charge in [0.25, 0.3) is 11.4 Å². The Bertz CT molecular complexity index is 1050. The molecular formula is C23H25FN2O8. The molecule has 0 aromatic heterocycles. The van der Waals surface area contributed by atoms with Crippen LogP contribution in [0, 0.1) is 32.0 Å². The van der Waals surface area contributed by atoms with Crippen LogP contribution in [0.15, 0.2) is 36.4 Å². The molecule has 182 valence electrons. The molecule has 0 bridgehead atoms. The van der Waals surface area contributed by atoms with E-state index in [9.17, 15) is 29.4 Å². The van der Waals surface area contributed by atoms with Crippen molar-refractivity contribution in [1.29, 1.82) is 0 Å². The van der Waals surface area contributed by atoms with E-state index < -0.39 is 45.2 Å². The van der Waals surface area contributed by atoms with E-state index in [4.69, 9.17) is 14.2 Å². The van der Waals surface area contributed by atoms with Crippen molar-refractivity contribution in [3.05, 3.63) is 73.6 Å². The highest BCUT2D eigenvalue weighted by Crippen LogP contribution is 2.34. The van der Waals surface area contributed by atoms with Crippen molar-refractivity contribution in [2.45, 2.75) is 33.3 Å². The van der Waals surface area contributed by atoms with Crippen LogP contribution >= 0.6 is 0 Å². The van der Waals surface area contributed by atoms with Crippen LogP contribution < -0.4 is 9.47 Å². The highest BCUT2D eigenvalue weighted by Gasteiger charge is 2.27. The summed E-state index contributed by atoms with van der Waals surface area (Å²) < 4.78 is 29.7. The maximum Gasteiger partial charge on any atom is 0.330 e. The molecule has 0 saturated carbocycles. The van der Waals surface area contributed by atoms with Gasteiger partial charge >= 0.3 is 5.97 Å². The number of carbonyl (C=O) groups excluding carboxylic acids is 1. The molecule has 10 nitrogen and oxygen atoms in total. The summed E-state index contributed by atoms with van der Waals surface area (Å²) in [5.41, 5.74) is -1.42. The second kappa shape index (κ2) is 12.3. The number of hydrogen-bond donors (Lipinski definition) is 0. The highest BCUT2D eigenvalue weighted by molar-refractivity contribution is 5.87. The van der Waals surface area contributed by atoms with Gasteiger partial charge in [-0.2, -0.15) is 0 Å². The third-order valence-corrected chi connectivity index (χ3v) is 5.15. The van der Waals surface area contributed by atoms with Crippen molar-refractivity contribution in [2.24, 2.45) is 5.92 Å². The Morgan fingerprint density at radius 2 is 1.68 bits per heavy atom. The van der Waals surface area contributed by atoms with Gasteiger partial charge in [0.05, 0.1) is 35.7 Å². The SMILES string of the molecule is CCC(CC)COC(=O)C=Cc1ccc(OC)c(OCc2c([N+](=O)[O-])cc(F)cc2[N+](=O)[O-])c1. The number of carbonyl (C=O) groups is 1. The molecule has 0 spiro atoms. The normalized spacial score (nSPS) is 11.0. The molecule has 2 rings (SSSR count). The molecule has 2 aromatic carbocycles. The van der Waals surface area contributed by atoms with Crippen molar-refractivity contribution >= 4 is 23.4 Å². The quantitative estimate of drug-likeness (QED) is 0.176. The minimum Gasteiger partial charge on any atom is -0.493 e. The summed E-state index contributed by atoms with van der Waals surface area (Å²) >= 11 is 0. The van der Waals surface area contributed by atoms with Crippen molar-refractivity contribution < 1.29 is 33.2 Å². The molecule has 0 aliphatic rings. The molecule has 34 heavy (non-hydrogen) atoms. The summed E-state index contributed by atoms with van der Waals surface area (Å²) in [5, 5.41) is 22.6. The molecule has 0 saturated heterocycles. The molecule has 0 aliphatic carbocycles. The number of hydrogen-bond acceptors (Lipinski definition) is 8. The average molecular weight is 476 g/mol. The number of nitro benzene ring substituents is 2. The zero-order valence-electron chi connectivity index (χ0n) is 19.0. The summed E-state index contributed by atoms with van der Waals surface area (Å²) in [6, 6.07) is 5.85. The van der Waals surface area contributed by atoms with E-state index in [0.29, 0.717) is 24.3 Å². The van der Waals surface area contributed by atoms with Crippen LogP contribution in [0.25, 0.3) is 6.08 Å². The molecule has 0 heterocycles. The first-order chi connectivity index (χ1) is 16.2. The average Bonchev–Trinajstić information content (AvgIpc) is 2.81. The molecule has 0 amide bonds. The number of nitro groups is 2. The Morgan fingerprint density at radius 1 is 1.06 bits per heavy atom. The van der Waals surface area contributed by atoms with Gasteiger partial charge in [-0.25, -0.2) is 9.18 Å². The Balaban J connectivity index is 2.24. The van der Waals surface area contributed by atoms with Crippen LogP contribution in [0.2, 0.25) is 0 Å². The molecular weight excluding hydrogens is 451 g/mol. The van der Waals surface area contributed by atoms with Crippen molar-refractivity contribution in [1.82, 2.24) is 0 Å². The number of nitrogens with zero attached hydrogens (tertiary/aromatic N) is 2. The van der Waals surface area contributed by atoms with E-state index in [1.807, 2.05) is 13.8 Å². The fourth-order valence-electron chi connectivity index (χ4n) is 3.08. The van der Waals surface area contributed by atoms with Gasteiger partial charge in [0.15, 0.2) is 11.5 Å². The van der Waals surface area contributed by atoms with Crippen LogP contribution in [0.3, 0.4) is 0 Å². The second-order valence-corrected chi connectivity index (χ2v) is 7.28. The maximum absolute atomic E-state index is 13.6. The number of rotatable bonds is 12. The Morgan fingerprint density at radius 3 is 2.21 bits per heavy atom. The number of ether oxygens (including phenoxy) is 3. The molecule has 0 aliphatic heterocycles. The fourth-order valence-corrected chi connectivity index (χ4v) is 3.08. The summed E-state index contributed by atoms with van der Waals surface area (Å²) in [6.07, 6.45) is 4.54. The number of esters is 1. The largest absolute Gasteiger partial charge is 0.493 e. The lowest BCUT2D eigenvalue weighted by Crippen LogP contribution is -2.11. The monoisotopic (exact) mass is 476 g/mol. The fraction of sp³-hybridized carbons (Fsp3) is 0.348. The lowest BCUT2D eigenvalue weighted by Gasteiger charge is -2.12. The van der Waals surface area contributed by atoms with Gasteiger partial charge in [-0.1, -0.05) is 32.8 Å². The van der Waals surface area contributed by atoms with Gasteiger partial charge in [-0.15, -0.1) is 0 Å². The zero-order chi connectivity index (χ0) is 25.3. The summed E-state index contributed by atoms with van der Waals surface area (Å²) in [6.45, 7) is 3.77. The van der Waals surface area contributed by atoms with E-state index in [1.165, 1.54) is 31.4 Å². The third-order valence-electron chi connectivity index (χ3n) is 5.15. The summed E-state index contributed by atoms with van der Waals surface area (Å²) in [7, 11) is 1.37. The van der Waals surface area contributed by atoms with E-state index in [1.54, 1.807) is 6.07 Å². The van der Waals surface area contributed by atoms with E-state index in [0.717, 1.165) is 12.8 Å². The third kappa shape index (κ3) is 6.99. The molecule has 0 radical (unpaired) electrons. The molecule has 11 heteroatoms. The maximum atomic E-state index is 13.6. The predicted octanol–water partition coefficient (Wildman–Crippen LogP) is 5.22. The molecule has 2 aromatic rings. The minimum absolute atomic E-state index is 0.114. The number of halogens is 1. The first-order valence-corrected chi connectivity index (χ1v) is 10.5. The van der Waals surface area contributed by atoms with Gasteiger partial charge in [-0.05, 0) is 29.7 Å². The van der Waals surface area contributed by atoms with Crippen LogP contribution in [-0.4, -0.2) is 29.5 Å². The predicted molar refractivity (Wildman–Crippen MR) is 121 cm³/mol. The molecule has 0 N–H and O–H groups in total. The topological polar surface area (TPSA) is 131 Å². The number of benzene rings is 2. The molecule has 0 unspecified atom stereocenters. The van der Waals surface area contributed by atoms with E-state index in [2.05, 4.69) is 0 Å². The van der Waals surface area contributed by atoms with E-state index in [-0.39, 0.29) is 17.4 Å². The molecule has 0 fully saturated rings. The summed E-state index contributed by atoms with van der Waals surface area (Å²) in [5.74, 6) is -0.965. The summed E-state index contributed by atoms with van der Waals surface area (Å²) in [4.78, 5) is 32.7. The van der Waals surface area contributed by atoms with Crippen molar-refractivity contribution in [2.75, 3.05) is 13.7 Å². The van der Waals surface area contributed by atoms with Gasteiger partial charge in [0.2, 0.25) is 0 Å². The van der Waals surface area contributed by atoms with Gasteiger partial charge < -0.3 is 14.2 Å².